The minimum absolute atomic E-state index is 0.0659. The predicted octanol–water partition coefficient (Wildman–Crippen LogP) is 4.35. The van der Waals surface area contributed by atoms with Crippen LogP contribution in [-0.4, -0.2) is 40.3 Å². The number of carbonyl (C=O) groups excluding carboxylic acids is 1. The number of nitrogens with zero attached hydrogens (tertiary/aromatic N) is 3. The zero-order chi connectivity index (χ0) is 22.5. The third-order valence-electron chi connectivity index (χ3n) is 4.67. The van der Waals surface area contributed by atoms with Gasteiger partial charge in [0.15, 0.2) is 11.5 Å². The van der Waals surface area contributed by atoms with E-state index in [9.17, 15) is 14.9 Å². The second-order valence-corrected chi connectivity index (χ2v) is 7.68. The highest BCUT2D eigenvalue weighted by Crippen LogP contribution is 2.31. The van der Waals surface area contributed by atoms with Crippen LogP contribution >= 0.6 is 15.9 Å². The van der Waals surface area contributed by atoms with Gasteiger partial charge in [-0.15, -0.1) is 0 Å². The molecule has 0 fully saturated rings. The van der Waals surface area contributed by atoms with E-state index in [0.29, 0.717) is 36.1 Å². The summed E-state index contributed by atoms with van der Waals surface area (Å²) in [4.78, 5) is 27.4. The van der Waals surface area contributed by atoms with E-state index in [1.165, 1.54) is 10.8 Å². The Hall–Kier alpha value is -3.66. The van der Waals surface area contributed by atoms with E-state index < -0.39 is 10.9 Å². The third-order valence-corrected chi connectivity index (χ3v) is 5.20. The fraction of sp³-hybridized carbons (Fsp3) is 0.182. The molecule has 0 N–H and O–H groups in total. The molecular formula is C22H18BrN3O6. The molecule has 0 unspecified atom stereocenters. The van der Waals surface area contributed by atoms with Gasteiger partial charge in [-0.3, -0.25) is 0 Å². The van der Waals surface area contributed by atoms with Crippen molar-refractivity contribution in [3.05, 3.63) is 80.2 Å². The molecule has 0 radical (unpaired) electrons. The number of rotatable bonds is 7. The van der Waals surface area contributed by atoms with E-state index in [-0.39, 0.29) is 19.0 Å². The van der Waals surface area contributed by atoms with E-state index in [1.807, 2.05) is 24.3 Å². The average molecular weight is 500 g/mol. The fourth-order valence-electron chi connectivity index (χ4n) is 3.12. The van der Waals surface area contributed by atoms with Crippen LogP contribution in [0.1, 0.15) is 21.7 Å². The molecule has 0 spiro atoms. The molecule has 1 aliphatic rings. The van der Waals surface area contributed by atoms with E-state index in [1.54, 1.807) is 30.4 Å². The fourth-order valence-corrected chi connectivity index (χ4v) is 3.38. The highest BCUT2D eigenvalue weighted by molar-refractivity contribution is 9.10. The molecule has 4 rings (SSSR count). The highest BCUT2D eigenvalue weighted by atomic mass is 79.9. The number of halogens is 1. The average Bonchev–Trinajstić information content (AvgIpc) is 3.21. The van der Waals surface area contributed by atoms with Crippen molar-refractivity contribution in [2.75, 3.05) is 19.8 Å². The van der Waals surface area contributed by atoms with Gasteiger partial charge in [0.2, 0.25) is 5.82 Å². The summed E-state index contributed by atoms with van der Waals surface area (Å²) in [6.07, 6.45) is 4.67. The van der Waals surface area contributed by atoms with Crippen molar-refractivity contribution in [2.45, 2.75) is 6.54 Å². The molecule has 2 heterocycles. The van der Waals surface area contributed by atoms with Crippen LogP contribution in [0.25, 0.3) is 12.2 Å². The van der Waals surface area contributed by atoms with Crippen molar-refractivity contribution in [3.8, 4) is 11.5 Å². The third kappa shape index (κ3) is 4.97. The Labute approximate surface area is 191 Å². The monoisotopic (exact) mass is 499 g/mol. The molecule has 0 amide bonds. The number of esters is 1. The van der Waals surface area contributed by atoms with Gasteiger partial charge in [0, 0.05) is 10.5 Å². The highest BCUT2D eigenvalue weighted by Gasteiger charge is 2.20. The first kappa shape index (κ1) is 21.6. The van der Waals surface area contributed by atoms with Crippen LogP contribution in [0.5, 0.6) is 11.5 Å². The molecule has 1 aromatic heterocycles. The molecule has 0 aliphatic carbocycles. The van der Waals surface area contributed by atoms with Crippen LogP contribution in [0.15, 0.2) is 53.1 Å². The van der Waals surface area contributed by atoms with Crippen LogP contribution in [0.4, 0.5) is 5.82 Å². The minimum atomic E-state index is -0.559. The summed E-state index contributed by atoms with van der Waals surface area (Å²) in [5.74, 6) is 0.697. The summed E-state index contributed by atoms with van der Waals surface area (Å²) in [5, 5.41) is 11.4. The molecule has 164 valence electrons. The Balaban J connectivity index is 1.44. The number of imidazole rings is 1. The lowest BCUT2D eigenvalue weighted by Gasteiger charge is -2.18. The minimum Gasteiger partial charge on any atom is -0.486 e. The normalized spacial score (nSPS) is 12.7. The SMILES string of the molecule is O=C(OCCn1c([N+](=O)[O-])cnc1/C=C/c1ccc(Br)cc1)c1ccc2c(c1)OCCO2. The second-order valence-electron chi connectivity index (χ2n) is 6.76. The summed E-state index contributed by atoms with van der Waals surface area (Å²) in [6.45, 7) is 0.877. The number of ether oxygens (including phenoxy) is 3. The maximum absolute atomic E-state index is 12.4. The van der Waals surface area contributed by atoms with Crippen molar-refractivity contribution >= 4 is 39.9 Å². The molecule has 3 aromatic rings. The Morgan fingerprint density at radius 1 is 1.16 bits per heavy atom. The van der Waals surface area contributed by atoms with Crippen molar-refractivity contribution < 1.29 is 23.9 Å². The Kier molecular flexibility index (Phi) is 6.50. The van der Waals surface area contributed by atoms with Crippen LogP contribution in [0, 0.1) is 10.1 Å². The maximum Gasteiger partial charge on any atom is 0.343 e. The molecule has 2 aromatic carbocycles. The first-order valence-electron chi connectivity index (χ1n) is 9.71. The van der Waals surface area contributed by atoms with E-state index in [2.05, 4.69) is 20.9 Å². The van der Waals surface area contributed by atoms with Gasteiger partial charge in [-0.25, -0.2) is 14.3 Å². The van der Waals surface area contributed by atoms with Gasteiger partial charge in [0.1, 0.15) is 32.6 Å². The lowest BCUT2D eigenvalue weighted by atomic mass is 10.2. The van der Waals surface area contributed by atoms with Gasteiger partial charge in [0.05, 0.1) is 5.56 Å². The van der Waals surface area contributed by atoms with E-state index >= 15 is 0 Å². The Morgan fingerprint density at radius 3 is 2.66 bits per heavy atom. The van der Waals surface area contributed by atoms with Crippen molar-refractivity contribution in [3.63, 3.8) is 0 Å². The topological polar surface area (TPSA) is 106 Å². The van der Waals surface area contributed by atoms with Gasteiger partial charge < -0.3 is 24.3 Å². The second kappa shape index (κ2) is 9.65. The quantitative estimate of drug-likeness (QED) is 0.270. The van der Waals surface area contributed by atoms with Gasteiger partial charge in [-0.2, -0.15) is 0 Å². The Morgan fingerprint density at radius 2 is 1.91 bits per heavy atom. The summed E-state index contributed by atoms with van der Waals surface area (Å²) in [5.41, 5.74) is 1.22. The van der Waals surface area contributed by atoms with Crippen LogP contribution < -0.4 is 9.47 Å². The molecule has 1 aliphatic heterocycles. The van der Waals surface area contributed by atoms with Crippen LogP contribution in [-0.2, 0) is 11.3 Å². The first-order valence-corrected chi connectivity index (χ1v) is 10.5. The molecule has 9 nitrogen and oxygen atoms in total. The van der Waals surface area contributed by atoms with Gasteiger partial charge in [0.25, 0.3) is 0 Å². The standard InChI is InChI=1S/C22H18BrN3O6/c23-17-5-1-15(2-6-17)3-8-20-24-14-21(26(28)29)25(20)9-10-32-22(27)16-4-7-18-19(13-16)31-12-11-30-18/h1-8,13-14H,9-12H2/b8-3+. The largest absolute Gasteiger partial charge is 0.486 e. The van der Waals surface area contributed by atoms with E-state index in [0.717, 1.165) is 10.0 Å². The Bertz CT molecular complexity index is 1170. The number of carbonyl (C=O) groups is 1. The first-order chi connectivity index (χ1) is 15.5. The van der Waals surface area contributed by atoms with Crippen molar-refractivity contribution in [1.29, 1.82) is 0 Å². The molecule has 0 bridgehead atoms. The molecule has 0 atom stereocenters. The molecule has 0 saturated heterocycles. The van der Waals surface area contributed by atoms with Crippen LogP contribution in [0.3, 0.4) is 0 Å². The molecule has 0 saturated carbocycles. The summed E-state index contributed by atoms with van der Waals surface area (Å²) < 4.78 is 18.6. The molecule has 10 heteroatoms. The smallest absolute Gasteiger partial charge is 0.343 e. The van der Waals surface area contributed by atoms with Crippen LogP contribution in [0.2, 0.25) is 0 Å². The number of aromatic nitrogens is 2. The van der Waals surface area contributed by atoms with Gasteiger partial charge in [-0.05, 0) is 46.9 Å². The van der Waals surface area contributed by atoms with Gasteiger partial charge >= 0.3 is 11.8 Å². The summed E-state index contributed by atoms with van der Waals surface area (Å²) in [6, 6.07) is 12.4. The maximum atomic E-state index is 12.4. The number of fused-ring (bicyclic) bond motifs is 1. The number of nitro groups is 1. The lowest BCUT2D eigenvalue weighted by molar-refractivity contribution is -0.392. The van der Waals surface area contributed by atoms with Crippen molar-refractivity contribution in [2.24, 2.45) is 0 Å². The predicted molar refractivity (Wildman–Crippen MR) is 120 cm³/mol. The zero-order valence-electron chi connectivity index (χ0n) is 16.8. The summed E-state index contributed by atoms with van der Waals surface area (Å²) >= 11 is 3.38. The number of hydrogen-bond donors (Lipinski definition) is 0. The lowest BCUT2D eigenvalue weighted by Crippen LogP contribution is -2.17. The number of benzene rings is 2. The molecule has 32 heavy (non-hydrogen) atoms. The van der Waals surface area contributed by atoms with Crippen molar-refractivity contribution in [1.82, 2.24) is 9.55 Å². The van der Waals surface area contributed by atoms with Gasteiger partial charge in [-0.1, -0.05) is 28.1 Å². The van der Waals surface area contributed by atoms with E-state index in [4.69, 9.17) is 14.2 Å². The zero-order valence-corrected chi connectivity index (χ0v) is 18.4. The number of hydrogen-bond acceptors (Lipinski definition) is 7. The molecular weight excluding hydrogens is 482 g/mol. The summed E-state index contributed by atoms with van der Waals surface area (Å²) in [7, 11) is 0.